The average Bonchev–Trinajstić information content (AvgIpc) is 2.57. The standard InChI is InChI=1S/C18H12BrF3O3S/c1-11-15(12-5-3-2-4-6-12)9-13-7-8-14(19)10-16(13)17(11)25-26(23,24)18(20,21)22/h2-10H,1H3. The Morgan fingerprint density at radius 3 is 2.27 bits per heavy atom. The summed E-state index contributed by atoms with van der Waals surface area (Å²) in [5.74, 6) is -0.333. The van der Waals surface area contributed by atoms with Crippen LogP contribution in [0.25, 0.3) is 21.9 Å². The van der Waals surface area contributed by atoms with Crippen molar-refractivity contribution < 1.29 is 25.8 Å². The number of hydrogen-bond acceptors (Lipinski definition) is 3. The van der Waals surface area contributed by atoms with E-state index < -0.39 is 15.6 Å². The molecule has 0 bridgehead atoms. The first kappa shape index (κ1) is 18.7. The second-order valence-corrected chi connectivity index (χ2v) is 8.05. The first-order chi connectivity index (χ1) is 12.1. The van der Waals surface area contributed by atoms with Gasteiger partial charge in [0.1, 0.15) is 0 Å². The van der Waals surface area contributed by atoms with Gasteiger partial charge in [-0.15, -0.1) is 0 Å². The van der Waals surface area contributed by atoms with E-state index in [1.165, 1.54) is 13.0 Å². The second-order valence-electron chi connectivity index (χ2n) is 5.59. The zero-order valence-electron chi connectivity index (χ0n) is 13.3. The molecule has 0 fully saturated rings. The van der Waals surface area contributed by atoms with Crippen LogP contribution in [0.4, 0.5) is 13.2 Å². The van der Waals surface area contributed by atoms with Gasteiger partial charge < -0.3 is 4.18 Å². The summed E-state index contributed by atoms with van der Waals surface area (Å²) in [6.07, 6.45) is 0. The fourth-order valence-corrected chi connectivity index (χ4v) is 3.51. The van der Waals surface area contributed by atoms with Crippen LogP contribution in [-0.4, -0.2) is 13.9 Å². The van der Waals surface area contributed by atoms with Gasteiger partial charge in [0.05, 0.1) is 0 Å². The Labute approximate surface area is 156 Å². The third-order valence-electron chi connectivity index (χ3n) is 3.87. The average molecular weight is 445 g/mol. The highest BCUT2D eigenvalue weighted by atomic mass is 79.9. The Morgan fingerprint density at radius 1 is 1.00 bits per heavy atom. The highest BCUT2D eigenvalue weighted by Gasteiger charge is 2.49. The van der Waals surface area contributed by atoms with E-state index in [1.54, 1.807) is 42.5 Å². The van der Waals surface area contributed by atoms with Crippen LogP contribution in [0.3, 0.4) is 0 Å². The van der Waals surface area contributed by atoms with Gasteiger partial charge in [0, 0.05) is 15.4 Å². The van der Waals surface area contributed by atoms with Crippen molar-refractivity contribution in [2.24, 2.45) is 0 Å². The molecule has 3 rings (SSSR count). The number of rotatable bonds is 3. The maximum Gasteiger partial charge on any atom is 0.534 e. The quantitative estimate of drug-likeness (QED) is 0.378. The molecule has 0 aromatic heterocycles. The van der Waals surface area contributed by atoms with Crippen LogP contribution in [-0.2, 0) is 10.1 Å². The normalized spacial score (nSPS) is 12.3. The molecule has 3 nitrogen and oxygen atoms in total. The van der Waals surface area contributed by atoms with Gasteiger partial charge in [-0.05, 0) is 41.6 Å². The zero-order chi connectivity index (χ0) is 19.1. The minimum Gasteiger partial charge on any atom is -0.375 e. The Bertz CT molecular complexity index is 1080. The molecule has 0 atom stereocenters. The zero-order valence-corrected chi connectivity index (χ0v) is 15.7. The molecule has 0 N–H and O–H groups in total. The maximum absolute atomic E-state index is 12.8. The van der Waals surface area contributed by atoms with Crippen LogP contribution in [0.5, 0.6) is 5.75 Å². The predicted molar refractivity (Wildman–Crippen MR) is 97.4 cm³/mol. The third kappa shape index (κ3) is 3.43. The Kier molecular flexibility index (Phi) is 4.74. The van der Waals surface area contributed by atoms with Crippen LogP contribution in [0.2, 0.25) is 0 Å². The van der Waals surface area contributed by atoms with E-state index in [9.17, 15) is 21.6 Å². The Morgan fingerprint density at radius 2 is 1.65 bits per heavy atom. The topological polar surface area (TPSA) is 43.4 Å². The van der Waals surface area contributed by atoms with E-state index in [0.29, 0.717) is 21.0 Å². The monoisotopic (exact) mass is 444 g/mol. The predicted octanol–water partition coefficient (Wildman–Crippen LogP) is 5.81. The van der Waals surface area contributed by atoms with Gasteiger partial charge in [-0.3, -0.25) is 0 Å². The molecule has 136 valence electrons. The molecule has 0 aliphatic heterocycles. The molecule has 0 radical (unpaired) electrons. The van der Waals surface area contributed by atoms with Crippen molar-refractivity contribution in [1.29, 1.82) is 0 Å². The molecule has 0 spiro atoms. The molecule has 8 heteroatoms. The lowest BCUT2D eigenvalue weighted by atomic mass is 9.95. The van der Waals surface area contributed by atoms with Crippen molar-refractivity contribution in [2.75, 3.05) is 0 Å². The Balaban J connectivity index is 2.32. The Hall–Kier alpha value is -2.06. The lowest BCUT2D eigenvalue weighted by Crippen LogP contribution is -2.28. The molecule has 0 saturated carbocycles. The lowest BCUT2D eigenvalue weighted by molar-refractivity contribution is -0.0499. The summed E-state index contributed by atoms with van der Waals surface area (Å²) < 4.78 is 66.8. The molecular weight excluding hydrogens is 433 g/mol. The minimum atomic E-state index is -5.79. The minimum absolute atomic E-state index is 0.268. The first-order valence-corrected chi connectivity index (χ1v) is 9.59. The van der Waals surface area contributed by atoms with Gasteiger partial charge in [0.25, 0.3) is 0 Å². The number of benzene rings is 3. The summed E-state index contributed by atoms with van der Waals surface area (Å²) in [7, 11) is -5.79. The van der Waals surface area contributed by atoms with Crippen molar-refractivity contribution in [1.82, 2.24) is 0 Å². The lowest BCUT2D eigenvalue weighted by Gasteiger charge is -2.17. The summed E-state index contributed by atoms with van der Waals surface area (Å²) in [5, 5.41) is 0.828. The smallest absolute Gasteiger partial charge is 0.375 e. The van der Waals surface area contributed by atoms with Gasteiger partial charge in [0.15, 0.2) is 5.75 Å². The van der Waals surface area contributed by atoms with Gasteiger partial charge in [-0.1, -0.05) is 52.3 Å². The molecule has 0 unspecified atom stereocenters. The van der Waals surface area contributed by atoms with Crippen LogP contribution in [0.15, 0.2) is 59.1 Å². The number of halogens is 4. The SMILES string of the molecule is Cc1c(-c2ccccc2)cc2ccc(Br)cc2c1OS(=O)(=O)C(F)(F)F. The van der Waals surface area contributed by atoms with Crippen LogP contribution in [0, 0.1) is 6.92 Å². The molecular formula is C18H12BrF3O3S. The van der Waals surface area contributed by atoms with E-state index in [-0.39, 0.29) is 11.1 Å². The summed E-state index contributed by atoms with van der Waals surface area (Å²) >= 11 is 3.25. The largest absolute Gasteiger partial charge is 0.534 e. The molecule has 0 amide bonds. The summed E-state index contributed by atoms with van der Waals surface area (Å²) in [6.45, 7) is 1.53. The third-order valence-corrected chi connectivity index (χ3v) is 5.31. The van der Waals surface area contributed by atoms with Crippen LogP contribution < -0.4 is 4.18 Å². The molecule has 3 aromatic rings. The fraction of sp³-hybridized carbons (Fsp3) is 0.111. The number of alkyl halides is 3. The fourth-order valence-electron chi connectivity index (χ4n) is 2.62. The molecule has 0 saturated heterocycles. The first-order valence-electron chi connectivity index (χ1n) is 7.39. The van der Waals surface area contributed by atoms with Gasteiger partial charge in [0.2, 0.25) is 0 Å². The molecule has 0 heterocycles. The molecule has 26 heavy (non-hydrogen) atoms. The number of hydrogen-bond donors (Lipinski definition) is 0. The summed E-state index contributed by atoms with van der Waals surface area (Å²) in [5.41, 5.74) is -3.88. The second kappa shape index (κ2) is 6.59. The van der Waals surface area contributed by atoms with Crippen LogP contribution in [0.1, 0.15) is 5.56 Å². The molecule has 3 aromatic carbocycles. The van der Waals surface area contributed by atoms with E-state index >= 15 is 0 Å². The van der Waals surface area contributed by atoms with E-state index in [1.807, 2.05) is 6.07 Å². The van der Waals surface area contributed by atoms with E-state index in [2.05, 4.69) is 20.1 Å². The molecule has 0 aliphatic carbocycles. The summed E-state index contributed by atoms with van der Waals surface area (Å²) in [4.78, 5) is 0. The highest BCUT2D eigenvalue weighted by Crippen LogP contribution is 2.40. The van der Waals surface area contributed by atoms with Gasteiger partial charge in [-0.2, -0.15) is 21.6 Å². The van der Waals surface area contributed by atoms with Gasteiger partial charge >= 0.3 is 15.6 Å². The van der Waals surface area contributed by atoms with Crippen LogP contribution >= 0.6 is 15.9 Å². The summed E-state index contributed by atoms with van der Waals surface area (Å²) in [6, 6.07) is 15.7. The van der Waals surface area contributed by atoms with E-state index in [0.717, 1.165) is 5.56 Å². The number of fused-ring (bicyclic) bond motifs is 1. The maximum atomic E-state index is 12.8. The van der Waals surface area contributed by atoms with Crippen molar-refractivity contribution in [3.05, 3.63) is 64.6 Å². The van der Waals surface area contributed by atoms with Crippen molar-refractivity contribution >= 4 is 36.8 Å². The molecule has 0 aliphatic rings. The van der Waals surface area contributed by atoms with E-state index in [4.69, 9.17) is 0 Å². The van der Waals surface area contributed by atoms with Crippen molar-refractivity contribution in [2.45, 2.75) is 12.4 Å². The van der Waals surface area contributed by atoms with Gasteiger partial charge in [-0.25, -0.2) is 0 Å². The van der Waals surface area contributed by atoms with Crippen molar-refractivity contribution in [3.63, 3.8) is 0 Å². The highest BCUT2D eigenvalue weighted by molar-refractivity contribution is 9.10. The van der Waals surface area contributed by atoms with Crippen molar-refractivity contribution in [3.8, 4) is 16.9 Å².